The second kappa shape index (κ2) is 9.78. The molecule has 0 bridgehead atoms. The summed E-state index contributed by atoms with van der Waals surface area (Å²) >= 11 is 1.70. The van der Waals surface area contributed by atoms with Crippen molar-refractivity contribution in [1.29, 1.82) is 0 Å². The topological polar surface area (TPSA) is 41.6 Å². The van der Waals surface area contributed by atoms with Crippen LogP contribution < -0.4 is 5.73 Å². The van der Waals surface area contributed by atoms with Gasteiger partial charge in [0.2, 0.25) is 0 Å². The minimum Gasteiger partial charge on any atom is -0.386 e. The van der Waals surface area contributed by atoms with E-state index in [-0.39, 0.29) is 0 Å². The van der Waals surface area contributed by atoms with E-state index in [1.54, 1.807) is 11.3 Å². The van der Waals surface area contributed by atoms with Crippen LogP contribution in [0.25, 0.3) is 5.70 Å². The first kappa shape index (κ1) is 19.7. The number of hydrogen-bond acceptors (Lipinski definition) is 4. The molecular weight excluding hydrogens is 338 g/mol. The van der Waals surface area contributed by atoms with Crippen molar-refractivity contribution in [2.24, 2.45) is 10.7 Å². The zero-order chi connectivity index (χ0) is 18.9. The third-order valence-electron chi connectivity index (χ3n) is 4.05. The Morgan fingerprint density at radius 2 is 1.88 bits per heavy atom. The molecule has 136 valence electrons. The minimum atomic E-state index is 0.515. The summed E-state index contributed by atoms with van der Waals surface area (Å²) in [6.07, 6.45) is 3.67. The van der Waals surface area contributed by atoms with Crippen LogP contribution in [0.4, 0.5) is 0 Å². The van der Waals surface area contributed by atoms with E-state index >= 15 is 0 Å². The van der Waals surface area contributed by atoms with Gasteiger partial charge in [0.1, 0.15) is 0 Å². The largest absolute Gasteiger partial charge is 0.386 e. The summed E-state index contributed by atoms with van der Waals surface area (Å²) in [6.45, 7) is 12.9. The van der Waals surface area contributed by atoms with Crippen LogP contribution in [-0.2, 0) is 6.54 Å². The normalized spacial score (nSPS) is 12.1. The molecule has 1 aromatic carbocycles. The summed E-state index contributed by atoms with van der Waals surface area (Å²) in [6, 6.07) is 14.3. The first-order valence-electron chi connectivity index (χ1n) is 8.69. The van der Waals surface area contributed by atoms with E-state index in [9.17, 15) is 0 Å². The lowest BCUT2D eigenvalue weighted by Gasteiger charge is -2.26. The van der Waals surface area contributed by atoms with Crippen molar-refractivity contribution < 1.29 is 0 Å². The molecule has 2 aromatic rings. The maximum atomic E-state index is 5.99. The summed E-state index contributed by atoms with van der Waals surface area (Å²) < 4.78 is 0. The van der Waals surface area contributed by atoms with E-state index in [1.807, 2.05) is 42.2 Å². The fraction of sp³-hybridized carbons (Fsp3) is 0.227. The summed E-state index contributed by atoms with van der Waals surface area (Å²) in [5.74, 6) is 0.515. The van der Waals surface area contributed by atoms with Crippen LogP contribution in [0.3, 0.4) is 0 Å². The van der Waals surface area contributed by atoms with Gasteiger partial charge in [0.15, 0.2) is 0 Å². The Balaban J connectivity index is 1.98. The Hall–Kier alpha value is -2.59. The van der Waals surface area contributed by atoms with Gasteiger partial charge >= 0.3 is 0 Å². The van der Waals surface area contributed by atoms with Gasteiger partial charge in [-0.2, -0.15) is 0 Å². The molecule has 1 heterocycles. The van der Waals surface area contributed by atoms with Gasteiger partial charge in [-0.3, -0.25) is 4.99 Å². The molecule has 0 spiro atoms. The highest BCUT2D eigenvalue weighted by molar-refractivity contribution is 7.11. The molecule has 0 saturated heterocycles. The van der Waals surface area contributed by atoms with Crippen molar-refractivity contribution in [3.63, 3.8) is 0 Å². The zero-order valence-corrected chi connectivity index (χ0v) is 16.4. The second-order valence-electron chi connectivity index (χ2n) is 6.13. The summed E-state index contributed by atoms with van der Waals surface area (Å²) in [5.41, 5.74) is 10.2. The third-order valence-corrected chi connectivity index (χ3v) is 4.94. The Morgan fingerprint density at radius 1 is 1.15 bits per heavy atom. The van der Waals surface area contributed by atoms with E-state index in [4.69, 9.17) is 10.7 Å². The number of rotatable bonds is 9. The molecule has 2 N–H and O–H groups in total. The van der Waals surface area contributed by atoms with E-state index in [2.05, 4.69) is 43.7 Å². The third kappa shape index (κ3) is 5.74. The molecule has 0 atom stereocenters. The van der Waals surface area contributed by atoms with Crippen molar-refractivity contribution in [2.75, 3.05) is 0 Å². The van der Waals surface area contributed by atoms with Gasteiger partial charge in [0.05, 0.1) is 16.4 Å². The monoisotopic (exact) mass is 365 g/mol. The molecule has 4 heteroatoms. The van der Waals surface area contributed by atoms with E-state index in [0.717, 1.165) is 29.9 Å². The van der Waals surface area contributed by atoms with Crippen LogP contribution in [0.5, 0.6) is 0 Å². The van der Waals surface area contributed by atoms with E-state index in [0.29, 0.717) is 12.4 Å². The molecule has 0 amide bonds. The fourth-order valence-corrected chi connectivity index (χ4v) is 3.34. The van der Waals surface area contributed by atoms with Gasteiger partial charge < -0.3 is 10.6 Å². The van der Waals surface area contributed by atoms with Gasteiger partial charge in [-0.15, -0.1) is 11.3 Å². The summed E-state index contributed by atoms with van der Waals surface area (Å²) in [5, 5.41) is 2.07. The van der Waals surface area contributed by atoms with Crippen molar-refractivity contribution in [1.82, 2.24) is 4.90 Å². The van der Waals surface area contributed by atoms with Gasteiger partial charge in [-0.05, 0) is 43.7 Å². The molecule has 0 unspecified atom stereocenters. The van der Waals surface area contributed by atoms with E-state index < -0.39 is 0 Å². The molecule has 0 saturated carbocycles. The smallest absolute Gasteiger partial charge is 0.0957 e. The molecule has 0 aliphatic heterocycles. The molecule has 0 radical (unpaired) electrons. The number of allylic oxidation sites excluding steroid dienone is 2. The molecule has 3 nitrogen and oxygen atoms in total. The summed E-state index contributed by atoms with van der Waals surface area (Å²) in [7, 11) is 0. The zero-order valence-electron chi connectivity index (χ0n) is 15.6. The van der Waals surface area contributed by atoms with Crippen LogP contribution in [-0.4, -0.2) is 10.6 Å². The van der Waals surface area contributed by atoms with Crippen LogP contribution >= 0.6 is 11.3 Å². The summed E-state index contributed by atoms with van der Waals surface area (Å²) in [4.78, 5) is 7.93. The van der Waals surface area contributed by atoms with Crippen LogP contribution in [0, 0.1) is 0 Å². The molecule has 2 rings (SSSR count). The Kier molecular flexibility index (Phi) is 7.42. The maximum absolute atomic E-state index is 5.99. The number of thiophene rings is 1. The Morgan fingerprint density at radius 3 is 2.46 bits per heavy atom. The molecule has 0 aliphatic rings. The van der Waals surface area contributed by atoms with Gasteiger partial charge in [-0.1, -0.05) is 55.6 Å². The first-order chi connectivity index (χ1) is 12.5. The van der Waals surface area contributed by atoms with Crippen molar-refractivity contribution in [2.45, 2.75) is 33.2 Å². The van der Waals surface area contributed by atoms with Gasteiger partial charge in [0.25, 0.3) is 0 Å². The van der Waals surface area contributed by atoms with Crippen LogP contribution in [0.1, 0.15) is 37.1 Å². The number of aliphatic imine (C=N–C) groups is 1. The predicted octanol–water partition coefficient (Wildman–Crippen LogP) is 5.80. The number of nitrogens with two attached hydrogens (primary N) is 1. The predicted molar refractivity (Wildman–Crippen MR) is 115 cm³/mol. The minimum absolute atomic E-state index is 0.515. The van der Waals surface area contributed by atoms with Crippen LogP contribution in [0.15, 0.2) is 83.6 Å². The Labute approximate surface area is 160 Å². The highest BCUT2D eigenvalue weighted by Gasteiger charge is 2.11. The van der Waals surface area contributed by atoms with Gasteiger partial charge in [-0.25, -0.2) is 0 Å². The van der Waals surface area contributed by atoms with Gasteiger partial charge in [0, 0.05) is 18.0 Å². The lowest BCUT2D eigenvalue weighted by molar-refractivity contribution is 0.404. The highest BCUT2D eigenvalue weighted by atomic mass is 32.1. The van der Waals surface area contributed by atoms with Crippen LogP contribution in [0.2, 0.25) is 0 Å². The van der Waals surface area contributed by atoms with Crippen molar-refractivity contribution in [3.8, 4) is 0 Å². The number of nitrogens with zero attached hydrogens (tertiary/aromatic N) is 2. The number of benzene rings is 1. The first-order valence-corrected chi connectivity index (χ1v) is 9.57. The number of hydrogen-bond donors (Lipinski definition) is 1. The standard InChI is InChI=1S/C22H27N3S/c1-5-21(22-12-9-15-26-22)24-17(2)13-14-18(3)25(19(4)23)16-20-10-7-6-8-11-20/h5-12,15H,3-4,13-14,16,23H2,1-2H3/b21-5-,24-17+. The molecule has 26 heavy (non-hydrogen) atoms. The average Bonchev–Trinajstić information content (AvgIpc) is 3.17. The highest BCUT2D eigenvalue weighted by Crippen LogP contribution is 2.23. The molecular formula is C22H27N3S. The molecule has 1 aromatic heterocycles. The van der Waals surface area contributed by atoms with E-state index in [1.165, 1.54) is 10.4 Å². The maximum Gasteiger partial charge on any atom is 0.0957 e. The fourth-order valence-electron chi connectivity index (χ4n) is 2.59. The van der Waals surface area contributed by atoms with Crippen molar-refractivity contribution in [3.05, 3.63) is 89.0 Å². The average molecular weight is 366 g/mol. The molecule has 0 fully saturated rings. The van der Waals surface area contributed by atoms with Crippen molar-refractivity contribution >= 4 is 22.7 Å². The second-order valence-corrected chi connectivity index (χ2v) is 7.08. The lowest BCUT2D eigenvalue weighted by atomic mass is 10.1. The molecule has 0 aliphatic carbocycles. The SMILES string of the molecule is C=C(N)N(Cc1ccccc1)C(=C)CC/C(C)=N/C(=C\C)c1cccs1. The quantitative estimate of drug-likeness (QED) is 0.571. The lowest BCUT2D eigenvalue weighted by Crippen LogP contribution is -2.26. The Bertz CT molecular complexity index is 786.